The molecule has 30 heavy (non-hydrogen) atoms. The summed E-state index contributed by atoms with van der Waals surface area (Å²) in [7, 11) is 3.31. The number of fused-ring (bicyclic) bond motifs is 1. The number of benzene rings is 2. The minimum atomic E-state index is -0.107. The lowest BCUT2D eigenvalue weighted by Crippen LogP contribution is -2.40. The predicted octanol–water partition coefficient (Wildman–Crippen LogP) is 5.26. The van der Waals surface area contributed by atoms with Crippen molar-refractivity contribution in [2.75, 3.05) is 20.8 Å². The van der Waals surface area contributed by atoms with E-state index in [9.17, 15) is 4.79 Å². The zero-order valence-electron chi connectivity index (χ0n) is 17.5. The van der Waals surface area contributed by atoms with Crippen LogP contribution in [0, 0.1) is 0 Å². The summed E-state index contributed by atoms with van der Waals surface area (Å²) < 4.78 is 11.1. The van der Waals surface area contributed by atoms with Crippen LogP contribution in [-0.2, 0) is 17.6 Å². The molecule has 1 atom stereocenters. The van der Waals surface area contributed by atoms with E-state index in [1.807, 2.05) is 29.2 Å². The third-order valence-electron chi connectivity index (χ3n) is 5.70. The van der Waals surface area contributed by atoms with Crippen LogP contribution in [0.4, 0.5) is 0 Å². The molecule has 0 unspecified atom stereocenters. The van der Waals surface area contributed by atoms with Gasteiger partial charge in [-0.05, 0) is 59.5 Å². The Morgan fingerprint density at radius 3 is 2.53 bits per heavy atom. The van der Waals surface area contributed by atoms with Gasteiger partial charge in [0, 0.05) is 17.8 Å². The second-order valence-corrected chi connectivity index (χ2v) is 8.52. The van der Waals surface area contributed by atoms with Gasteiger partial charge in [-0.1, -0.05) is 36.4 Å². The van der Waals surface area contributed by atoms with E-state index in [0.29, 0.717) is 18.7 Å². The molecule has 2 heterocycles. The van der Waals surface area contributed by atoms with Crippen LogP contribution in [0.25, 0.3) is 0 Å². The highest BCUT2D eigenvalue weighted by Gasteiger charge is 2.32. The molecule has 2 aromatic carbocycles. The highest BCUT2D eigenvalue weighted by molar-refractivity contribution is 7.09. The van der Waals surface area contributed by atoms with Gasteiger partial charge in [-0.15, -0.1) is 11.3 Å². The van der Waals surface area contributed by atoms with Crippen LogP contribution in [0.2, 0.25) is 0 Å². The van der Waals surface area contributed by atoms with Crippen LogP contribution < -0.4 is 9.47 Å². The number of carbonyl (C=O) groups is 1. The molecule has 0 saturated heterocycles. The molecule has 0 N–H and O–H groups in total. The Kier molecular flexibility index (Phi) is 6.38. The minimum absolute atomic E-state index is 0.107. The second-order valence-electron chi connectivity index (χ2n) is 7.49. The number of methoxy groups -OCH3 is 2. The van der Waals surface area contributed by atoms with Gasteiger partial charge in [0.05, 0.1) is 20.3 Å². The number of thiophene rings is 1. The molecule has 0 saturated carbocycles. The van der Waals surface area contributed by atoms with Gasteiger partial charge in [0.15, 0.2) is 11.5 Å². The summed E-state index contributed by atoms with van der Waals surface area (Å²) in [6, 6.07) is 18.5. The SMILES string of the molecule is COc1cc2c(cc1OC)[C@@H](c1ccccc1)N(C(=O)CCCc1cccs1)CC2. The number of aryl methyl sites for hydroxylation is 1. The van der Waals surface area contributed by atoms with Gasteiger partial charge in [0.25, 0.3) is 0 Å². The van der Waals surface area contributed by atoms with Crippen molar-refractivity contribution in [3.63, 3.8) is 0 Å². The molecule has 3 aromatic rings. The van der Waals surface area contributed by atoms with Gasteiger partial charge in [0.2, 0.25) is 5.91 Å². The van der Waals surface area contributed by atoms with Crippen molar-refractivity contribution in [2.24, 2.45) is 0 Å². The first-order valence-corrected chi connectivity index (χ1v) is 11.2. The van der Waals surface area contributed by atoms with E-state index < -0.39 is 0 Å². The van der Waals surface area contributed by atoms with E-state index in [1.54, 1.807) is 25.6 Å². The monoisotopic (exact) mass is 421 g/mol. The van der Waals surface area contributed by atoms with Crippen molar-refractivity contribution in [1.82, 2.24) is 4.90 Å². The highest BCUT2D eigenvalue weighted by Crippen LogP contribution is 2.41. The topological polar surface area (TPSA) is 38.8 Å². The third kappa shape index (κ3) is 4.21. The Labute approximate surface area is 182 Å². The Hall–Kier alpha value is -2.79. The first kappa shape index (κ1) is 20.5. The third-order valence-corrected chi connectivity index (χ3v) is 6.64. The number of ether oxygens (including phenoxy) is 2. The van der Waals surface area contributed by atoms with Crippen molar-refractivity contribution in [3.8, 4) is 11.5 Å². The number of nitrogens with zero attached hydrogens (tertiary/aromatic N) is 1. The lowest BCUT2D eigenvalue weighted by atomic mass is 9.87. The first-order valence-electron chi connectivity index (χ1n) is 10.3. The fourth-order valence-electron chi connectivity index (χ4n) is 4.22. The van der Waals surface area contributed by atoms with Crippen molar-refractivity contribution >= 4 is 17.2 Å². The molecule has 1 amide bonds. The second kappa shape index (κ2) is 9.35. The van der Waals surface area contributed by atoms with Crippen molar-refractivity contribution in [1.29, 1.82) is 0 Å². The van der Waals surface area contributed by atoms with Crippen LogP contribution in [0.3, 0.4) is 0 Å². The van der Waals surface area contributed by atoms with Gasteiger partial charge in [-0.3, -0.25) is 4.79 Å². The van der Waals surface area contributed by atoms with Gasteiger partial charge in [-0.25, -0.2) is 0 Å². The van der Waals surface area contributed by atoms with E-state index in [1.165, 1.54) is 10.4 Å². The van der Waals surface area contributed by atoms with Gasteiger partial charge < -0.3 is 14.4 Å². The van der Waals surface area contributed by atoms with Crippen molar-refractivity contribution in [2.45, 2.75) is 31.7 Å². The predicted molar refractivity (Wildman–Crippen MR) is 121 cm³/mol. The summed E-state index contributed by atoms with van der Waals surface area (Å²) in [5.74, 6) is 1.64. The van der Waals surface area contributed by atoms with Crippen LogP contribution in [0.1, 0.15) is 40.5 Å². The summed E-state index contributed by atoms with van der Waals surface area (Å²) in [5.41, 5.74) is 3.46. The standard InChI is InChI=1S/C25H27NO3S/c1-28-22-16-19-13-14-26(24(27)12-6-10-20-11-7-15-30-20)25(18-8-4-3-5-9-18)21(19)17-23(22)29-2/h3-5,7-9,11,15-17,25H,6,10,12-14H2,1-2H3/t25-/m1/s1. The van der Waals surface area contributed by atoms with Crippen molar-refractivity contribution < 1.29 is 14.3 Å². The first-order chi connectivity index (χ1) is 14.7. The molecule has 0 radical (unpaired) electrons. The van der Waals surface area contributed by atoms with Crippen LogP contribution >= 0.6 is 11.3 Å². The smallest absolute Gasteiger partial charge is 0.223 e. The lowest BCUT2D eigenvalue weighted by Gasteiger charge is -2.38. The zero-order valence-corrected chi connectivity index (χ0v) is 18.3. The van der Waals surface area contributed by atoms with E-state index in [4.69, 9.17) is 9.47 Å². The largest absolute Gasteiger partial charge is 0.493 e. The number of hydrogen-bond acceptors (Lipinski definition) is 4. The molecular weight excluding hydrogens is 394 g/mol. The molecule has 0 fully saturated rings. The normalized spacial score (nSPS) is 15.5. The maximum absolute atomic E-state index is 13.3. The molecule has 4 nitrogen and oxygen atoms in total. The molecule has 1 aromatic heterocycles. The molecular formula is C25H27NO3S. The van der Waals surface area contributed by atoms with Gasteiger partial charge in [-0.2, -0.15) is 0 Å². The van der Waals surface area contributed by atoms with E-state index in [0.717, 1.165) is 36.1 Å². The summed E-state index contributed by atoms with van der Waals surface area (Å²) in [6.45, 7) is 0.708. The number of carbonyl (C=O) groups excluding carboxylic acids is 1. The molecule has 0 aliphatic carbocycles. The minimum Gasteiger partial charge on any atom is -0.493 e. The molecule has 156 valence electrons. The molecule has 0 spiro atoms. The summed E-state index contributed by atoms with van der Waals surface area (Å²) in [5, 5.41) is 2.09. The fourth-order valence-corrected chi connectivity index (χ4v) is 4.97. The molecule has 0 bridgehead atoms. The average molecular weight is 422 g/mol. The van der Waals surface area contributed by atoms with Crippen LogP contribution in [0.15, 0.2) is 60.0 Å². The summed E-state index contributed by atoms with van der Waals surface area (Å²) in [6.07, 6.45) is 3.20. The average Bonchev–Trinajstić information content (AvgIpc) is 3.31. The number of hydrogen-bond donors (Lipinski definition) is 0. The molecule has 4 rings (SSSR count). The fraction of sp³-hybridized carbons (Fsp3) is 0.320. The van der Waals surface area contributed by atoms with Gasteiger partial charge in [0.1, 0.15) is 0 Å². The Morgan fingerprint density at radius 2 is 1.83 bits per heavy atom. The Morgan fingerprint density at radius 1 is 1.07 bits per heavy atom. The molecule has 1 aliphatic heterocycles. The maximum atomic E-state index is 13.3. The maximum Gasteiger partial charge on any atom is 0.223 e. The Bertz CT molecular complexity index is 985. The number of amides is 1. The highest BCUT2D eigenvalue weighted by atomic mass is 32.1. The van der Waals surface area contributed by atoms with E-state index >= 15 is 0 Å². The van der Waals surface area contributed by atoms with Crippen LogP contribution in [0.5, 0.6) is 11.5 Å². The van der Waals surface area contributed by atoms with Gasteiger partial charge >= 0.3 is 0 Å². The zero-order chi connectivity index (χ0) is 20.9. The Balaban J connectivity index is 1.63. The summed E-state index contributed by atoms with van der Waals surface area (Å²) in [4.78, 5) is 16.6. The number of rotatable bonds is 7. The van der Waals surface area contributed by atoms with E-state index in [2.05, 4.69) is 35.7 Å². The lowest BCUT2D eigenvalue weighted by molar-refractivity contribution is -0.133. The van der Waals surface area contributed by atoms with Crippen molar-refractivity contribution in [3.05, 3.63) is 81.5 Å². The quantitative estimate of drug-likeness (QED) is 0.522. The van der Waals surface area contributed by atoms with E-state index in [-0.39, 0.29) is 11.9 Å². The van der Waals surface area contributed by atoms with Crippen LogP contribution in [-0.4, -0.2) is 31.6 Å². The molecule has 5 heteroatoms. The summed E-state index contributed by atoms with van der Waals surface area (Å²) >= 11 is 1.76. The molecule has 1 aliphatic rings.